The van der Waals surface area contributed by atoms with Gasteiger partial charge in [0.05, 0.1) is 5.69 Å². The lowest BCUT2D eigenvalue weighted by molar-refractivity contribution is 0.424. The van der Waals surface area contributed by atoms with Crippen molar-refractivity contribution in [3.8, 4) is 10.8 Å². The highest BCUT2D eigenvalue weighted by Gasteiger charge is 2.16. The van der Waals surface area contributed by atoms with Gasteiger partial charge < -0.3 is 10.3 Å². The molecule has 0 aliphatic heterocycles. The molecule has 0 fully saturated rings. The van der Waals surface area contributed by atoms with Gasteiger partial charge in [-0.2, -0.15) is 4.98 Å². The van der Waals surface area contributed by atoms with E-state index in [9.17, 15) is 8.78 Å². The maximum atomic E-state index is 13.6. The molecule has 108 valence electrons. The molecule has 3 aromatic rings. The van der Waals surface area contributed by atoms with Gasteiger partial charge in [0.15, 0.2) is 11.0 Å². The summed E-state index contributed by atoms with van der Waals surface area (Å²) >= 11 is 1.24. The Kier molecular flexibility index (Phi) is 3.38. The number of anilines is 1. The van der Waals surface area contributed by atoms with Crippen LogP contribution in [-0.2, 0) is 6.42 Å². The molecular formula is C13H10F2N4OS. The van der Waals surface area contributed by atoms with Crippen LogP contribution >= 0.6 is 11.3 Å². The lowest BCUT2D eigenvalue weighted by Gasteiger charge is -1.98. The van der Waals surface area contributed by atoms with E-state index in [1.54, 1.807) is 6.92 Å². The van der Waals surface area contributed by atoms with Crippen molar-refractivity contribution in [3.63, 3.8) is 0 Å². The fourth-order valence-corrected chi connectivity index (χ4v) is 2.62. The SMILES string of the molecule is Cc1nc(N)sc1-c1nc(Cc2ccc(F)cc2F)no1. The van der Waals surface area contributed by atoms with Crippen molar-refractivity contribution in [2.24, 2.45) is 0 Å². The number of rotatable bonds is 3. The van der Waals surface area contributed by atoms with E-state index >= 15 is 0 Å². The van der Waals surface area contributed by atoms with Crippen LogP contribution < -0.4 is 5.73 Å². The van der Waals surface area contributed by atoms with Gasteiger partial charge >= 0.3 is 0 Å². The Morgan fingerprint density at radius 2 is 2.10 bits per heavy atom. The summed E-state index contributed by atoms with van der Waals surface area (Å²) in [7, 11) is 0. The number of aromatic nitrogens is 3. The Bertz CT molecular complexity index is 799. The Morgan fingerprint density at radius 1 is 1.29 bits per heavy atom. The number of thiazole rings is 1. The van der Waals surface area contributed by atoms with E-state index in [-0.39, 0.29) is 6.42 Å². The number of aryl methyl sites for hydroxylation is 1. The number of benzene rings is 1. The van der Waals surface area contributed by atoms with E-state index in [1.807, 2.05) is 0 Å². The van der Waals surface area contributed by atoms with E-state index in [4.69, 9.17) is 10.3 Å². The highest BCUT2D eigenvalue weighted by Crippen LogP contribution is 2.30. The average molecular weight is 308 g/mol. The summed E-state index contributed by atoms with van der Waals surface area (Å²) in [5.74, 6) is -0.665. The Labute approximate surface area is 122 Å². The number of hydrogen-bond donors (Lipinski definition) is 1. The van der Waals surface area contributed by atoms with Gasteiger partial charge in [0.1, 0.15) is 16.5 Å². The van der Waals surface area contributed by atoms with Crippen LogP contribution in [0.25, 0.3) is 10.8 Å². The minimum absolute atomic E-state index is 0.114. The van der Waals surface area contributed by atoms with Crippen LogP contribution in [0.4, 0.5) is 13.9 Å². The molecular weight excluding hydrogens is 298 g/mol. The molecule has 2 N–H and O–H groups in total. The number of nitrogens with two attached hydrogens (primary N) is 1. The van der Waals surface area contributed by atoms with E-state index in [0.717, 1.165) is 6.07 Å². The molecule has 21 heavy (non-hydrogen) atoms. The number of nitrogen functional groups attached to an aromatic ring is 1. The van der Waals surface area contributed by atoms with Gasteiger partial charge in [-0.3, -0.25) is 0 Å². The van der Waals surface area contributed by atoms with Crippen molar-refractivity contribution in [2.45, 2.75) is 13.3 Å². The van der Waals surface area contributed by atoms with E-state index < -0.39 is 11.6 Å². The average Bonchev–Trinajstić information content (AvgIpc) is 2.99. The van der Waals surface area contributed by atoms with Crippen molar-refractivity contribution < 1.29 is 13.3 Å². The van der Waals surface area contributed by atoms with Gasteiger partial charge in [0.25, 0.3) is 5.89 Å². The summed E-state index contributed by atoms with van der Waals surface area (Å²) in [6.45, 7) is 1.78. The number of halogens is 2. The van der Waals surface area contributed by atoms with Crippen molar-refractivity contribution in [1.29, 1.82) is 0 Å². The Balaban J connectivity index is 1.87. The van der Waals surface area contributed by atoms with E-state index in [2.05, 4.69) is 15.1 Å². The van der Waals surface area contributed by atoms with Crippen LogP contribution in [-0.4, -0.2) is 15.1 Å². The molecule has 5 nitrogen and oxygen atoms in total. The van der Waals surface area contributed by atoms with Crippen LogP contribution in [0.1, 0.15) is 17.1 Å². The van der Waals surface area contributed by atoms with Crippen LogP contribution in [0.15, 0.2) is 22.7 Å². The minimum atomic E-state index is -0.639. The maximum absolute atomic E-state index is 13.6. The fraction of sp³-hybridized carbons (Fsp3) is 0.154. The summed E-state index contributed by atoms with van der Waals surface area (Å²) in [6.07, 6.45) is 0.114. The molecule has 0 bridgehead atoms. The van der Waals surface area contributed by atoms with Crippen LogP contribution in [0.2, 0.25) is 0 Å². The zero-order chi connectivity index (χ0) is 15.0. The lowest BCUT2D eigenvalue weighted by Crippen LogP contribution is -1.95. The molecule has 0 atom stereocenters. The molecule has 0 amide bonds. The van der Waals surface area contributed by atoms with Crippen molar-refractivity contribution >= 4 is 16.5 Å². The molecule has 3 rings (SSSR count). The van der Waals surface area contributed by atoms with Crippen LogP contribution in [0, 0.1) is 18.6 Å². The lowest BCUT2D eigenvalue weighted by atomic mass is 10.1. The molecule has 0 spiro atoms. The molecule has 0 aliphatic rings. The molecule has 2 aromatic heterocycles. The molecule has 8 heteroatoms. The quantitative estimate of drug-likeness (QED) is 0.805. The van der Waals surface area contributed by atoms with Gasteiger partial charge in [-0.15, -0.1) is 0 Å². The molecule has 1 aromatic carbocycles. The first-order chi connectivity index (χ1) is 10.0. The van der Waals surface area contributed by atoms with Gasteiger partial charge in [-0.25, -0.2) is 13.8 Å². The van der Waals surface area contributed by atoms with Crippen molar-refractivity contribution in [1.82, 2.24) is 15.1 Å². The highest BCUT2D eigenvalue weighted by atomic mass is 32.1. The zero-order valence-corrected chi connectivity index (χ0v) is 11.7. The molecule has 0 saturated heterocycles. The monoisotopic (exact) mass is 308 g/mol. The second-order valence-electron chi connectivity index (χ2n) is 4.39. The minimum Gasteiger partial charge on any atom is -0.375 e. The Morgan fingerprint density at radius 3 is 2.76 bits per heavy atom. The largest absolute Gasteiger partial charge is 0.375 e. The third-order valence-electron chi connectivity index (χ3n) is 2.84. The van der Waals surface area contributed by atoms with E-state index in [1.165, 1.54) is 23.5 Å². The van der Waals surface area contributed by atoms with Crippen LogP contribution in [0.3, 0.4) is 0 Å². The summed E-state index contributed by atoms with van der Waals surface area (Å²) in [4.78, 5) is 8.95. The predicted molar refractivity (Wildman–Crippen MR) is 73.7 cm³/mol. The standard InChI is InChI=1S/C13H10F2N4OS/c1-6-11(21-13(16)17-6)12-18-10(19-20-12)4-7-2-3-8(14)5-9(7)15/h2-3,5H,4H2,1H3,(H2,16,17). The smallest absolute Gasteiger partial charge is 0.270 e. The van der Waals surface area contributed by atoms with Gasteiger partial charge in [-0.05, 0) is 18.6 Å². The van der Waals surface area contributed by atoms with Crippen LogP contribution in [0.5, 0.6) is 0 Å². The maximum Gasteiger partial charge on any atom is 0.270 e. The zero-order valence-electron chi connectivity index (χ0n) is 10.9. The normalized spacial score (nSPS) is 11.0. The van der Waals surface area contributed by atoms with Gasteiger partial charge in [-0.1, -0.05) is 22.6 Å². The summed E-state index contributed by atoms with van der Waals surface area (Å²) in [5.41, 5.74) is 6.60. The third kappa shape index (κ3) is 2.75. The fourth-order valence-electron chi connectivity index (χ4n) is 1.87. The summed E-state index contributed by atoms with van der Waals surface area (Å²) in [6, 6.07) is 3.37. The topological polar surface area (TPSA) is 77.8 Å². The molecule has 0 unspecified atom stereocenters. The second kappa shape index (κ2) is 5.21. The first-order valence-corrected chi connectivity index (χ1v) is 6.84. The first kappa shape index (κ1) is 13.6. The van der Waals surface area contributed by atoms with E-state index in [0.29, 0.717) is 33.0 Å². The van der Waals surface area contributed by atoms with Gasteiger partial charge in [0, 0.05) is 12.5 Å². The first-order valence-electron chi connectivity index (χ1n) is 6.02. The molecule has 2 heterocycles. The highest BCUT2D eigenvalue weighted by molar-refractivity contribution is 7.18. The Hall–Kier alpha value is -2.35. The van der Waals surface area contributed by atoms with Gasteiger partial charge in [0.2, 0.25) is 0 Å². The van der Waals surface area contributed by atoms with Crippen molar-refractivity contribution in [2.75, 3.05) is 5.73 Å². The molecule has 0 radical (unpaired) electrons. The second-order valence-corrected chi connectivity index (χ2v) is 5.43. The predicted octanol–water partition coefficient (Wildman–Crippen LogP) is 2.95. The molecule has 0 saturated carbocycles. The number of hydrogen-bond acceptors (Lipinski definition) is 6. The summed E-state index contributed by atoms with van der Waals surface area (Å²) < 4.78 is 31.6. The third-order valence-corrected chi connectivity index (χ3v) is 3.81. The summed E-state index contributed by atoms with van der Waals surface area (Å²) in [5, 5.41) is 4.20. The van der Waals surface area contributed by atoms with Crippen molar-refractivity contribution in [3.05, 3.63) is 46.9 Å². The number of nitrogens with zero attached hydrogens (tertiary/aromatic N) is 3. The molecule has 0 aliphatic carbocycles.